The first-order valence-corrected chi connectivity index (χ1v) is 11.3. The van der Waals surface area contributed by atoms with Crippen molar-refractivity contribution in [2.24, 2.45) is 0 Å². The molecule has 0 unspecified atom stereocenters. The molecule has 3 aromatic heterocycles. The van der Waals surface area contributed by atoms with E-state index < -0.39 is 0 Å². The number of methoxy groups -OCH3 is 3. The predicted octanol–water partition coefficient (Wildman–Crippen LogP) is 3.79. The van der Waals surface area contributed by atoms with Crippen molar-refractivity contribution in [2.45, 2.75) is 26.2 Å². The van der Waals surface area contributed by atoms with Crippen molar-refractivity contribution in [3.8, 4) is 28.6 Å². The monoisotopic (exact) mass is 467 g/mol. The van der Waals surface area contributed by atoms with Gasteiger partial charge in [-0.15, -0.1) is 21.5 Å². The molecule has 4 aromatic rings. The summed E-state index contributed by atoms with van der Waals surface area (Å²) >= 11 is 1.72. The van der Waals surface area contributed by atoms with Crippen LogP contribution < -0.4 is 24.3 Å². The van der Waals surface area contributed by atoms with Crippen LogP contribution in [0.5, 0.6) is 17.2 Å². The SMILES string of the molecule is COc1ccc(-c2nnc3/c(=C\c4ccc(N(C)C)s4)c(C(C)(C)C)nn23)c(OC)c1OC. The minimum Gasteiger partial charge on any atom is -0.493 e. The number of benzene rings is 1. The molecule has 0 aliphatic heterocycles. The lowest BCUT2D eigenvalue weighted by Gasteiger charge is -2.15. The Morgan fingerprint density at radius 2 is 1.67 bits per heavy atom. The molecule has 0 radical (unpaired) electrons. The van der Waals surface area contributed by atoms with E-state index in [0.29, 0.717) is 28.7 Å². The number of fused-ring (bicyclic) bond motifs is 1. The number of ether oxygens (including phenoxy) is 3. The molecule has 3 heterocycles. The second-order valence-electron chi connectivity index (χ2n) is 8.87. The van der Waals surface area contributed by atoms with Crippen LogP contribution in [0.25, 0.3) is 23.1 Å². The molecular weight excluding hydrogens is 438 g/mol. The van der Waals surface area contributed by atoms with Gasteiger partial charge in [0.1, 0.15) is 0 Å². The molecular formula is C24H29N5O3S. The normalized spacial score (nSPS) is 12.4. The summed E-state index contributed by atoms with van der Waals surface area (Å²) in [6.07, 6.45) is 2.14. The number of nitrogens with zero attached hydrogens (tertiary/aromatic N) is 5. The van der Waals surface area contributed by atoms with Gasteiger partial charge in [-0.2, -0.15) is 9.61 Å². The molecule has 0 aliphatic carbocycles. The van der Waals surface area contributed by atoms with E-state index in [4.69, 9.17) is 19.3 Å². The minimum atomic E-state index is -0.187. The van der Waals surface area contributed by atoms with Crippen LogP contribution in [-0.4, -0.2) is 55.2 Å². The zero-order valence-electron chi connectivity index (χ0n) is 20.3. The number of hydrogen-bond donors (Lipinski definition) is 0. The lowest BCUT2D eigenvalue weighted by Crippen LogP contribution is -2.22. The molecule has 0 aliphatic rings. The molecule has 0 fully saturated rings. The number of aromatic nitrogens is 4. The third-order valence-corrected chi connectivity index (χ3v) is 6.53. The van der Waals surface area contributed by atoms with Crippen molar-refractivity contribution in [3.63, 3.8) is 0 Å². The van der Waals surface area contributed by atoms with Gasteiger partial charge in [0.15, 0.2) is 23.0 Å². The summed E-state index contributed by atoms with van der Waals surface area (Å²) in [6.45, 7) is 6.45. The molecule has 0 spiro atoms. The third kappa shape index (κ3) is 3.97. The number of anilines is 1. The van der Waals surface area contributed by atoms with Gasteiger partial charge in [-0.25, -0.2) is 0 Å². The van der Waals surface area contributed by atoms with Crippen molar-refractivity contribution < 1.29 is 14.2 Å². The standard InChI is InChI=1S/C24H29N5O3S/c1-24(2,3)21-16(13-14-9-12-18(33-14)28(4)5)23-26-25-22(29(23)27-21)15-10-11-17(30-6)20(32-8)19(15)31-7/h9-13H,1-8H3/b16-13-. The molecule has 4 rings (SSSR count). The van der Waals surface area contributed by atoms with Crippen LogP contribution in [0.2, 0.25) is 0 Å². The van der Waals surface area contributed by atoms with Gasteiger partial charge >= 0.3 is 0 Å². The van der Waals surface area contributed by atoms with E-state index in [-0.39, 0.29) is 5.41 Å². The lowest BCUT2D eigenvalue weighted by molar-refractivity contribution is 0.325. The fourth-order valence-electron chi connectivity index (χ4n) is 3.74. The van der Waals surface area contributed by atoms with Crippen molar-refractivity contribution >= 4 is 28.1 Å². The highest BCUT2D eigenvalue weighted by atomic mass is 32.1. The predicted molar refractivity (Wildman–Crippen MR) is 132 cm³/mol. The molecule has 0 bridgehead atoms. The van der Waals surface area contributed by atoms with E-state index in [1.807, 2.05) is 26.2 Å². The molecule has 9 heteroatoms. The van der Waals surface area contributed by atoms with E-state index >= 15 is 0 Å². The maximum absolute atomic E-state index is 5.68. The Hall–Kier alpha value is -3.33. The number of thiophene rings is 1. The highest BCUT2D eigenvalue weighted by molar-refractivity contribution is 7.16. The molecule has 1 aromatic carbocycles. The summed E-state index contributed by atoms with van der Waals surface area (Å²) in [6, 6.07) is 7.94. The van der Waals surface area contributed by atoms with Crippen molar-refractivity contribution in [1.29, 1.82) is 0 Å². The van der Waals surface area contributed by atoms with E-state index in [1.165, 1.54) is 5.00 Å². The summed E-state index contributed by atoms with van der Waals surface area (Å²) in [5, 5.41) is 16.1. The highest BCUT2D eigenvalue weighted by Gasteiger charge is 2.26. The summed E-state index contributed by atoms with van der Waals surface area (Å²) in [5.74, 6) is 2.17. The first kappa shape index (κ1) is 22.8. The molecule has 0 atom stereocenters. The largest absolute Gasteiger partial charge is 0.493 e. The number of hydrogen-bond acceptors (Lipinski definition) is 8. The summed E-state index contributed by atoms with van der Waals surface area (Å²) in [7, 11) is 8.85. The van der Waals surface area contributed by atoms with E-state index in [1.54, 1.807) is 37.2 Å². The molecule has 0 N–H and O–H groups in total. The van der Waals surface area contributed by atoms with Gasteiger partial charge in [-0.05, 0) is 30.3 Å². The van der Waals surface area contributed by atoms with Crippen LogP contribution in [0.4, 0.5) is 5.00 Å². The van der Waals surface area contributed by atoms with Crippen LogP contribution in [0, 0.1) is 0 Å². The molecule has 0 amide bonds. The summed E-state index contributed by atoms with van der Waals surface area (Å²) in [4.78, 5) is 3.23. The third-order valence-electron chi connectivity index (χ3n) is 5.33. The topological polar surface area (TPSA) is 74.0 Å². The van der Waals surface area contributed by atoms with Crippen LogP contribution >= 0.6 is 11.3 Å². The highest BCUT2D eigenvalue weighted by Crippen LogP contribution is 2.43. The second-order valence-corrected chi connectivity index (χ2v) is 9.96. The Balaban J connectivity index is 1.97. The summed E-state index contributed by atoms with van der Waals surface area (Å²) in [5.41, 5.74) is 2.19. The fourth-order valence-corrected chi connectivity index (χ4v) is 4.61. The average molecular weight is 468 g/mol. The Labute approximate surface area is 197 Å². The average Bonchev–Trinajstić information content (AvgIpc) is 3.48. The van der Waals surface area contributed by atoms with Crippen molar-refractivity contribution in [3.05, 3.63) is 40.1 Å². The Morgan fingerprint density at radius 3 is 2.24 bits per heavy atom. The lowest BCUT2D eigenvalue weighted by atomic mass is 9.91. The minimum absolute atomic E-state index is 0.187. The van der Waals surface area contributed by atoms with Crippen LogP contribution in [0.15, 0.2) is 24.3 Å². The summed E-state index contributed by atoms with van der Waals surface area (Å²) < 4.78 is 18.4. The van der Waals surface area contributed by atoms with Gasteiger partial charge in [0.25, 0.3) is 0 Å². The number of rotatable bonds is 6. The maximum Gasteiger partial charge on any atom is 0.204 e. The molecule has 33 heavy (non-hydrogen) atoms. The Kier molecular flexibility index (Phi) is 5.92. The Morgan fingerprint density at radius 1 is 0.939 bits per heavy atom. The zero-order chi connectivity index (χ0) is 23.9. The van der Waals surface area contributed by atoms with Gasteiger partial charge in [0.05, 0.1) is 37.6 Å². The molecule has 0 saturated carbocycles. The van der Waals surface area contributed by atoms with Gasteiger partial charge in [-0.1, -0.05) is 20.8 Å². The van der Waals surface area contributed by atoms with Crippen molar-refractivity contribution in [1.82, 2.24) is 19.8 Å². The first-order valence-electron chi connectivity index (χ1n) is 10.5. The molecule has 8 nitrogen and oxygen atoms in total. The quantitative estimate of drug-likeness (QED) is 0.427. The van der Waals surface area contributed by atoms with Gasteiger partial charge < -0.3 is 19.1 Å². The smallest absolute Gasteiger partial charge is 0.204 e. The van der Waals surface area contributed by atoms with Gasteiger partial charge in [0.2, 0.25) is 5.75 Å². The van der Waals surface area contributed by atoms with Crippen LogP contribution in [-0.2, 0) is 5.41 Å². The van der Waals surface area contributed by atoms with Crippen LogP contribution in [0.3, 0.4) is 0 Å². The fraction of sp³-hybridized carbons (Fsp3) is 0.375. The molecule has 0 saturated heterocycles. The first-order chi connectivity index (χ1) is 15.7. The zero-order valence-corrected chi connectivity index (χ0v) is 21.1. The molecule has 174 valence electrons. The van der Waals surface area contributed by atoms with Crippen LogP contribution in [0.1, 0.15) is 31.3 Å². The second kappa shape index (κ2) is 8.55. The van der Waals surface area contributed by atoms with Crippen molar-refractivity contribution in [2.75, 3.05) is 40.3 Å². The van der Waals surface area contributed by atoms with E-state index in [0.717, 1.165) is 21.4 Å². The van der Waals surface area contributed by atoms with E-state index in [9.17, 15) is 0 Å². The van der Waals surface area contributed by atoms with E-state index in [2.05, 4.69) is 54.1 Å². The maximum atomic E-state index is 5.68. The Bertz CT molecular complexity index is 1350. The van der Waals surface area contributed by atoms with Gasteiger partial charge in [0, 0.05) is 29.6 Å². The van der Waals surface area contributed by atoms with Gasteiger partial charge in [-0.3, -0.25) is 0 Å².